The van der Waals surface area contributed by atoms with Gasteiger partial charge < -0.3 is 15.0 Å². The van der Waals surface area contributed by atoms with Gasteiger partial charge in [0.25, 0.3) is 0 Å². The van der Waals surface area contributed by atoms with E-state index in [0.29, 0.717) is 17.8 Å². The molecule has 32 heavy (non-hydrogen) atoms. The monoisotopic (exact) mass is 426 g/mol. The first-order chi connectivity index (χ1) is 15.6. The fraction of sp³-hybridized carbons (Fsp3) is 0.269. The Morgan fingerprint density at radius 2 is 1.97 bits per heavy atom. The molecule has 4 rings (SSSR count). The number of nitriles is 1. The second kappa shape index (κ2) is 10.1. The first-order valence-corrected chi connectivity index (χ1v) is 10.8. The minimum Gasteiger partial charge on any atom is -0.378 e. The molecule has 1 N–H and O–H groups in total. The molecule has 6 heteroatoms. The van der Waals surface area contributed by atoms with Crippen LogP contribution < -0.4 is 10.2 Å². The summed E-state index contributed by atoms with van der Waals surface area (Å²) in [5.41, 5.74) is 6.67. The van der Waals surface area contributed by atoms with Gasteiger partial charge in [-0.1, -0.05) is 30.3 Å². The molecule has 1 aromatic heterocycles. The number of rotatable bonds is 6. The van der Waals surface area contributed by atoms with Crippen molar-refractivity contribution < 1.29 is 9.53 Å². The van der Waals surface area contributed by atoms with Gasteiger partial charge in [0, 0.05) is 42.8 Å². The summed E-state index contributed by atoms with van der Waals surface area (Å²) in [6, 6.07) is 19.8. The van der Waals surface area contributed by atoms with E-state index in [0.717, 1.165) is 43.0 Å². The van der Waals surface area contributed by atoms with Gasteiger partial charge in [-0.3, -0.25) is 9.78 Å². The number of hydrogen-bond acceptors (Lipinski definition) is 5. The lowest BCUT2D eigenvalue weighted by Crippen LogP contribution is -2.36. The molecule has 3 aromatic rings. The highest BCUT2D eigenvalue weighted by atomic mass is 16.5. The molecule has 0 radical (unpaired) electrons. The minimum absolute atomic E-state index is 0.121. The van der Waals surface area contributed by atoms with Gasteiger partial charge in [-0.2, -0.15) is 5.26 Å². The van der Waals surface area contributed by atoms with Crippen LogP contribution in [0.15, 0.2) is 60.8 Å². The lowest BCUT2D eigenvalue weighted by molar-refractivity contribution is -0.120. The van der Waals surface area contributed by atoms with Crippen molar-refractivity contribution >= 4 is 11.6 Å². The molecule has 1 fully saturated rings. The lowest BCUT2D eigenvalue weighted by Gasteiger charge is -2.29. The molecule has 1 amide bonds. The third-order valence-electron chi connectivity index (χ3n) is 5.68. The second-order valence-corrected chi connectivity index (χ2v) is 7.86. The summed E-state index contributed by atoms with van der Waals surface area (Å²) < 4.78 is 5.44. The number of aromatic nitrogens is 1. The predicted octanol–water partition coefficient (Wildman–Crippen LogP) is 3.62. The van der Waals surface area contributed by atoms with E-state index in [1.165, 1.54) is 11.3 Å². The Balaban J connectivity index is 1.37. The zero-order valence-electron chi connectivity index (χ0n) is 18.2. The molecule has 6 nitrogen and oxygen atoms in total. The topological polar surface area (TPSA) is 78.2 Å². The number of nitrogens with one attached hydrogen (secondary N) is 1. The fourth-order valence-corrected chi connectivity index (χ4v) is 3.88. The highest BCUT2D eigenvalue weighted by molar-refractivity contribution is 5.78. The SMILES string of the molecule is Cc1cc(N2CCOCC2)ccc1-c1ccc(CC(=O)NCc2ccccc2C#N)nc1. The fourth-order valence-electron chi connectivity index (χ4n) is 3.88. The van der Waals surface area contributed by atoms with Crippen molar-refractivity contribution in [2.75, 3.05) is 31.2 Å². The maximum atomic E-state index is 12.3. The number of pyridine rings is 1. The van der Waals surface area contributed by atoms with Gasteiger partial charge in [0.15, 0.2) is 0 Å². The van der Waals surface area contributed by atoms with Gasteiger partial charge in [-0.05, 0) is 47.9 Å². The Hall–Kier alpha value is -3.69. The van der Waals surface area contributed by atoms with Crippen molar-refractivity contribution in [3.63, 3.8) is 0 Å². The average Bonchev–Trinajstić information content (AvgIpc) is 2.84. The van der Waals surface area contributed by atoms with Crippen LogP contribution in [0.4, 0.5) is 5.69 Å². The Labute approximate surface area is 188 Å². The smallest absolute Gasteiger partial charge is 0.226 e. The van der Waals surface area contributed by atoms with E-state index in [1.54, 1.807) is 6.07 Å². The predicted molar refractivity (Wildman–Crippen MR) is 124 cm³/mol. The maximum Gasteiger partial charge on any atom is 0.226 e. The summed E-state index contributed by atoms with van der Waals surface area (Å²) in [4.78, 5) is 19.2. The molecule has 0 bridgehead atoms. The number of ether oxygens (including phenoxy) is 1. The van der Waals surface area contributed by atoms with Crippen molar-refractivity contribution in [1.82, 2.24) is 10.3 Å². The maximum absolute atomic E-state index is 12.3. The number of amides is 1. The molecule has 1 saturated heterocycles. The molecule has 0 saturated carbocycles. The van der Waals surface area contributed by atoms with E-state index in [-0.39, 0.29) is 12.3 Å². The van der Waals surface area contributed by atoms with Crippen LogP contribution >= 0.6 is 0 Å². The number of morpholine rings is 1. The van der Waals surface area contributed by atoms with Crippen molar-refractivity contribution in [2.45, 2.75) is 19.9 Å². The molecule has 2 aromatic carbocycles. The van der Waals surface area contributed by atoms with Crippen LogP contribution in [0.25, 0.3) is 11.1 Å². The van der Waals surface area contributed by atoms with Crippen LogP contribution in [0.5, 0.6) is 0 Å². The molecule has 0 aliphatic carbocycles. The quantitative estimate of drug-likeness (QED) is 0.651. The first-order valence-electron chi connectivity index (χ1n) is 10.8. The van der Waals surface area contributed by atoms with Crippen LogP contribution in [0, 0.1) is 18.3 Å². The second-order valence-electron chi connectivity index (χ2n) is 7.86. The Morgan fingerprint density at radius 1 is 1.16 bits per heavy atom. The van der Waals surface area contributed by atoms with E-state index in [4.69, 9.17) is 10.00 Å². The summed E-state index contributed by atoms with van der Waals surface area (Å²) in [5.74, 6) is -0.121. The number of carbonyl (C=O) groups is 1. The molecule has 1 aliphatic heterocycles. The van der Waals surface area contributed by atoms with Gasteiger partial charge >= 0.3 is 0 Å². The summed E-state index contributed by atoms with van der Waals surface area (Å²) in [6.45, 7) is 5.81. The van der Waals surface area contributed by atoms with Crippen molar-refractivity contribution in [1.29, 1.82) is 5.26 Å². The third kappa shape index (κ3) is 5.13. The molecule has 0 atom stereocenters. The minimum atomic E-state index is -0.121. The van der Waals surface area contributed by atoms with E-state index in [9.17, 15) is 4.79 Å². The van der Waals surface area contributed by atoms with Crippen LogP contribution in [0.2, 0.25) is 0 Å². The van der Waals surface area contributed by atoms with Crippen LogP contribution in [0.3, 0.4) is 0 Å². The van der Waals surface area contributed by atoms with Gasteiger partial charge in [0.1, 0.15) is 0 Å². The Morgan fingerprint density at radius 3 is 2.69 bits per heavy atom. The standard InChI is InChI=1S/C26H26N4O2/c1-19-14-24(30-10-12-32-13-11-30)8-9-25(19)22-6-7-23(28-18-22)15-26(31)29-17-21-5-3-2-4-20(21)16-27/h2-9,14,18H,10-13,15,17H2,1H3,(H,29,31). The highest BCUT2D eigenvalue weighted by Crippen LogP contribution is 2.27. The summed E-state index contributed by atoms with van der Waals surface area (Å²) >= 11 is 0. The molecule has 2 heterocycles. The molecule has 0 unspecified atom stereocenters. The van der Waals surface area contributed by atoms with Crippen LogP contribution in [0.1, 0.15) is 22.4 Å². The number of hydrogen-bond donors (Lipinski definition) is 1. The Bertz CT molecular complexity index is 1130. The van der Waals surface area contributed by atoms with Crippen molar-refractivity contribution in [3.05, 3.63) is 83.2 Å². The summed E-state index contributed by atoms with van der Waals surface area (Å²) in [7, 11) is 0. The zero-order chi connectivity index (χ0) is 22.3. The van der Waals surface area contributed by atoms with Crippen LogP contribution in [-0.2, 0) is 22.5 Å². The Kier molecular flexibility index (Phi) is 6.78. The molecule has 162 valence electrons. The zero-order valence-corrected chi connectivity index (χ0v) is 18.2. The number of aryl methyl sites for hydroxylation is 1. The third-order valence-corrected chi connectivity index (χ3v) is 5.68. The lowest BCUT2D eigenvalue weighted by atomic mass is 10.0. The molecule has 0 spiro atoms. The van der Waals surface area contributed by atoms with E-state index in [2.05, 4.69) is 46.4 Å². The van der Waals surface area contributed by atoms with Gasteiger partial charge in [0.05, 0.1) is 31.3 Å². The van der Waals surface area contributed by atoms with Crippen molar-refractivity contribution in [3.8, 4) is 17.2 Å². The first kappa shape index (κ1) is 21.5. The van der Waals surface area contributed by atoms with E-state index in [1.807, 2.05) is 36.5 Å². The number of nitrogens with zero attached hydrogens (tertiary/aromatic N) is 3. The molecular formula is C26H26N4O2. The van der Waals surface area contributed by atoms with Gasteiger partial charge in [-0.25, -0.2) is 0 Å². The van der Waals surface area contributed by atoms with Crippen molar-refractivity contribution in [2.24, 2.45) is 0 Å². The van der Waals surface area contributed by atoms with E-state index < -0.39 is 0 Å². The number of benzene rings is 2. The van der Waals surface area contributed by atoms with Gasteiger partial charge in [0.2, 0.25) is 5.91 Å². The van der Waals surface area contributed by atoms with E-state index >= 15 is 0 Å². The summed E-state index contributed by atoms with van der Waals surface area (Å²) in [5, 5.41) is 12.0. The molecule has 1 aliphatic rings. The molecular weight excluding hydrogens is 400 g/mol. The normalized spacial score (nSPS) is 13.4. The summed E-state index contributed by atoms with van der Waals surface area (Å²) in [6.07, 6.45) is 2.02. The number of anilines is 1. The van der Waals surface area contributed by atoms with Gasteiger partial charge in [-0.15, -0.1) is 0 Å². The highest BCUT2D eigenvalue weighted by Gasteiger charge is 2.13. The average molecular weight is 427 g/mol. The number of carbonyl (C=O) groups excluding carboxylic acids is 1. The largest absolute Gasteiger partial charge is 0.378 e. The van der Waals surface area contributed by atoms with Crippen LogP contribution in [-0.4, -0.2) is 37.2 Å².